The van der Waals surface area contributed by atoms with Crippen molar-refractivity contribution >= 4 is 5.91 Å². The van der Waals surface area contributed by atoms with Crippen molar-refractivity contribution in [3.8, 4) is 0 Å². The predicted molar refractivity (Wildman–Crippen MR) is 83.1 cm³/mol. The molecule has 5 nitrogen and oxygen atoms in total. The molecule has 1 aromatic carbocycles. The number of nitrogens with one attached hydrogen (secondary N) is 1. The number of nitrogens with two attached hydrogens (primary N) is 1. The van der Waals surface area contributed by atoms with Crippen molar-refractivity contribution in [3.63, 3.8) is 0 Å². The number of amides is 1. The van der Waals surface area contributed by atoms with Gasteiger partial charge in [-0.15, -0.1) is 0 Å². The Morgan fingerprint density at radius 1 is 1.19 bits per heavy atom. The Morgan fingerprint density at radius 2 is 1.95 bits per heavy atom. The van der Waals surface area contributed by atoms with E-state index < -0.39 is 6.04 Å². The standard InChI is InChI=1S/C16H26N2O3/c1-20-11-12-21-10-6-5-9-18-16(19)15(17)13-14-7-3-2-4-8-14/h2-4,7-8,15H,5-6,9-13,17H2,1H3,(H,18,19)/t15-/m1/s1. The topological polar surface area (TPSA) is 73.6 Å². The Bertz CT molecular complexity index is 384. The number of hydrogen-bond donors (Lipinski definition) is 2. The van der Waals surface area contributed by atoms with Crippen LogP contribution in [0.25, 0.3) is 0 Å². The number of rotatable bonds is 11. The molecule has 1 atom stereocenters. The van der Waals surface area contributed by atoms with Gasteiger partial charge in [-0.3, -0.25) is 4.79 Å². The number of methoxy groups -OCH3 is 1. The molecule has 0 radical (unpaired) electrons. The Hall–Kier alpha value is -1.43. The van der Waals surface area contributed by atoms with Crippen LogP contribution in [0.4, 0.5) is 0 Å². The van der Waals surface area contributed by atoms with Gasteiger partial charge >= 0.3 is 0 Å². The number of unbranched alkanes of at least 4 members (excludes halogenated alkanes) is 1. The maximum atomic E-state index is 11.8. The van der Waals surface area contributed by atoms with Crippen LogP contribution in [0.3, 0.4) is 0 Å². The van der Waals surface area contributed by atoms with Gasteiger partial charge < -0.3 is 20.5 Å². The number of ether oxygens (including phenoxy) is 2. The van der Waals surface area contributed by atoms with Crippen molar-refractivity contribution in [3.05, 3.63) is 35.9 Å². The summed E-state index contributed by atoms with van der Waals surface area (Å²) in [5.41, 5.74) is 6.97. The molecular weight excluding hydrogens is 268 g/mol. The minimum Gasteiger partial charge on any atom is -0.382 e. The van der Waals surface area contributed by atoms with Gasteiger partial charge in [0.1, 0.15) is 0 Å². The zero-order chi connectivity index (χ0) is 15.3. The van der Waals surface area contributed by atoms with Crippen LogP contribution in [-0.2, 0) is 20.7 Å². The SMILES string of the molecule is COCCOCCCCNC(=O)[C@H](N)Cc1ccccc1. The average molecular weight is 294 g/mol. The smallest absolute Gasteiger partial charge is 0.237 e. The van der Waals surface area contributed by atoms with E-state index in [-0.39, 0.29) is 5.91 Å². The fourth-order valence-corrected chi connectivity index (χ4v) is 1.88. The van der Waals surface area contributed by atoms with E-state index >= 15 is 0 Å². The zero-order valence-corrected chi connectivity index (χ0v) is 12.7. The van der Waals surface area contributed by atoms with Crippen molar-refractivity contribution in [1.29, 1.82) is 0 Å². The number of benzene rings is 1. The van der Waals surface area contributed by atoms with Crippen molar-refractivity contribution < 1.29 is 14.3 Å². The molecule has 0 aromatic heterocycles. The molecule has 0 saturated carbocycles. The van der Waals surface area contributed by atoms with Crippen LogP contribution in [0, 0.1) is 0 Å². The maximum absolute atomic E-state index is 11.8. The predicted octanol–water partition coefficient (Wildman–Crippen LogP) is 1.12. The van der Waals surface area contributed by atoms with Crippen LogP contribution in [0.15, 0.2) is 30.3 Å². The first-order chi connectivity index (χ1) is 10.2. The Morgan fingerprint density at radius 3 is 2.67 bits per heavy atom. The molecule has 1 aromatic rings. The summed E-state index contributed by atoms with van der Waals surface area (Å²) in [6, 6.07) is 9.30. The van der Waals surface area contributed by atoms with Crippen LogP contribution in [0.1, 0.15) is 18.4 Å². The highest BCUT2D eigenvalue weighted by atomic mass is 16.5. The normalized spacial score (nSPS) is 12.1. The van der Waals surface area contributed by atoms with Crippen molar-refractivity contribution in [2.75, 3.05) is 33.5 Å². The molecule has 0 saturated heterocycles. The molecule has 3 N–H and O–H groups in total. The Kier molecular flexibility index (Phi) is 9.44. The van der Waals surface area contributed by atoms with E-state index in [2.05, 4.69) is 5.32 Å². The van der Waals surface area contributed by atoms with E-state index in [1.807, 2.05) is 30.3 Å². The molecule has 1 amide bonds. The monoisotopic (exact) mass is 294 g/mol. The summed E-state index contributed by atoms with van der Waals surface area (Å²) in [5.74, 6) is -0.0980. The summed E-state index contributed by atoms with van der Waals surface area (Å²) in [4.78, 5) is 11.8. The number of carbonyl (C=O) groups is 1. The molecular formula is C16H26N2O3. The van der Waals surface area contributed by atoms with E-state index in [1.165, 1.54) is 0 Å². The van der Waals surface area contributed by atoms with Crippen LogP contribution in [0.5, 0.6) is 0 Å². The first-order valence-electron chi connectivity index (χ1n) is 7.38. The second-order valence-corrected chi connectivity index (χ2v) is 4.90. The van der Waals surface area contributed by atoms with Crippen LogP contribution in [0.2, 0.25) is 0 Å². The second-order valence-electron chi connectivity index (χ2n) is 4.90. The third-order valence-electron chi connectivity index (χ3n) is 3.08. The fourth-order valence-electron chi connectivity index (χ4n) is 1.88. The van der Waals surface area contributed by atoms with Gasteiger partial charge in [0.05, 0.1) is 19.3 Å². The maximum Gasteiger partial charge on any atom is 0.237 e. The molecule has 1 rings (SSSR count). The lowest BCUT2D eigenvalue weighted by Gasteiger charge is -2.12. The number of carbonyl (C=O) groups excluding carboxylic acids is 1. The third-order valence-corrected chi connectivity index (χ3v) is 3.08. The minimum absolute atomic E-state index is 0.0980. The first kappa shape index (κ1) is 17.6. The van der Waals surface area contributed by atoms with Crippen molar-refractivity contribution in [2.24, 2.45) is 5.73 Å². The molecule has 0 aliphatic heterocycles. The molecule has 118 valence electrons. The minimum atomic E-state index is -0.495. The highest BCUT2D eigenvalue weighted by molar-refractivity contribution is 5.81. The molecule has 0 aliphatic carbocycles. The molecule has 0 fully saturated rings. The highest BCUT2D eigenvalue weighted by Gasteiger charge is 2.12. The lowest BCUT2D eigenvalue weighted by Crippen LogP contribution is -2.42. The Labute approximate surface area is 126 Å². The summed E-state index contributed by atoms with van der Waals surface area (Å²) in [6.07, 6.45) is 2.36. The quantitative estimate of drug-likeness (QED) is 0.600. The molecule has 0 aliphatic rings. The molecule has 21 heavy (non-hydrogen) atoms. The van der Waals surface area contributed by atoms with Gasteiger partial charge in [-0.1, -0.05) is 30.3 Å². The van der Waals surface area contributed by atoms with Gasteiger partial charge in [0, 0.05) is 20.3 Å². The summed E-state index contributed by atoms with van der Waals surface area (Å²) < 4.78 is 10.2. The van der Waals surface area contributed by atoms with Crippen LogP contribution < -0.4 is 11.1 Å². The number of hydrogen-bond acceptors (Lipinski definition) is 4. The average Bonchev–Trinajstić information content (AvgIpc) is 2.50. The van der Waals surface area contributed by atoms with Gasteiger partial charge in [-0.25, -0.2) is 0 Å². The highest BCUT2D eigenvalue weighted by Crippen LogP contribution is 2.01. The van der Waals surface area contributed by atoms with Gasteiger partial charge in [-0.2, -0.15) is 0 Å². The van der Waals surface area contributed by atoms with Gasteiger partial charge in [0.15, 0.2) is 0 Å². The van der Waals surface area contributed by atoms with E-state index in [4.69, 9.17) is 15.2 Å². The lowest BCUT2D eigenvalue weighted by molar-refractivity contribution is -0.122. The Balaban J connectivity index is 2.05. The summed E-state index contributed by atoms with van der Waals surface area (Å²) in [6.45, 7) is 2.56. The first-order valence-corrected chi connectivity index (χ1v) is 7.38. The van der Waals surface area contributed by atoms with Crippen LogP contribution in [-0.4, -0.2) is 45.4 Å². The molecule has 0 unspecified atom stereocenters. The molecule has 0 bridgehead atoms. The van der Waals surface area contributed by atoms with E-state index in [0.29, 0.717) is 32.8 Å². The lowest BCUT2D eigenvalue weighted by atomic mass is 10.1. The zero-order valence-electron chi connectivity index (χ0n) is 12.7. The van der Waals surface area contributed by atoms with E-state index in [9.17, 15) is 4.79 Å². The fraction of sp³-hybridized carbons (Fsp3) is 0.562. The van der Waals surface area contributed by atoms with Crippen LogP contribution >= 0.6 is 0 Å². The summed E-state index contributed by atoms with van der Waals surface area (Å²) in [5, 5.41) is 2.86. The van der Waals surface area contributed by atoms with Gasteiger partial charge in [-0.05, 0) is 24.8 Å². The molecule has 5 heteroatoms. The van der Waals surface area contributed by atoms with Gasteiger partial charge in [0.25, 0.3) is 0 Å². The van der Waals surface area contributed by atoms with Crippen molar-refractivity contribution in [2.45, 2.75) is 25.3 Å². The van der Waals surface area contributed by atoms with Gasteiger partial charge in [0.2, 0.25) is 5.91 Å². The largest absolute Gasteiger partial charge is 0.382 e. The third kappa shape index (κ3) is 8.45. The van der Waals surface area contributed by atoms with E-state index in [1.54, 1.807) is 7.11 Å². The van der Waals surface area contributed by atoms with E-state index in [0.717, 1.165) is 18.4 Å². The van der Waals surface area contributed by atoms with Crippen molar-refractivity contribution in [1.82, 2.24) is 5.32 Å². The second kappa shape index (κ2) is 11.3. The molecule has 0 spiro atoms. The molecule has 0 heterocycles. The summed E-state index contributed by atoms with van der Waals surface area (Å²) in [7, 11) is 1.65. The summed E-state index contributed by atoms with van der Waals surface area (Å²) >= 11 is 0.